The predicted octanol–water partition coefficient (Wildman–Crippen LogP) is 1.70. The van der Waals surface area contributed by atoms with Gasteiger partial charge < -0.3 is 22.3 Å². The molecule has 3 aromatic carbocycles. The number of aliphatic imine (C=N–C) groups is 1. The molecule has 0 aliphatic rings. The zero-order valence-electron chi connectivity index (χ0n) is 18.1. The predicted molar refractivity (Wildman–Crippen MR) is 131 cm³/mol. The van der Waals surface area contributed by atoms with Gasteiger partial charge in [-0.2, -0.15) is 16.8 Å². The average Bonchev–Trinajstić information content (AvgIpc) is 2.64. The first-order valence-electron chi connectivity index (χ1n) is 9.05. The number of carboxylic acid groups (broad SMARTS) is 1. The fourth-order valence-electron chi connectivity index (χ4n) is 2.61. The lowest BCUT2D eigenvalue weighted by atomic mass is 9.96. The normalized spacial score (nSPS) is 10.8. The van der Waals surface area contributed by atoms with Crippen LogP contribution in [-0.2, 0) is 20.2 Å². The zero-order chi connectivity index (χ0) is 26.3. The van der Waals surface area contributed by atoms with Crippen LogP contribution in [-0.4, -0.2) is 55.5 Å². The molecule has 0 aliphatic carbocycles. The highest BCUT2D eigenvalue weighted by atomic mass is 32.2. The molecule has 12 nitrogen and oxygen atoms in total. The first-order chi connectivity index (χ1) is 15.4. The van der Waals surface area contributed by atoms with Crippen molar-refractivity contribution in [1.82, 2.24) is 0 Å². The lowest BCUT2D eigenvalue weighted by Gasteiger charge is -2.09. The number of fused-ring (bicyclic) bond motifs is 1. The molecule has 0 radical (unpaired) electrons. The summed E-state index contributed by atoms with van der Waals surface area (Å²) in [6.07, 6.45) is 1.43. The number of nitrogens with zero attached hydrogens (tertiary/aromatic N) is 1. The molecule has 9 N–H and O–H groups in total. The van der Waals surface area contributed by atoms with E-state index in [4.69, 9.17) is 26.3 Å². The number of anilines is 1. The van der Waals surface area contributed by atoms with E-state index >= 15 is 0 Å². The molecule has 0 unspecified atom stereocenters. The first kappa shape index (κ1) is 28.3. The Balaban J connectivity index is 0.000000489. The molecule has 0 heterocycles. The van der Waals surface area contributed by atoms with E-state index in [1.807, 2.05) is 30.3 Å². The van der Waals surface area contributed by atoms with Crippen molar-refractivity contribution in [3.05, 3.63) is 60.2 Å². The summed E-state index contributed by atoms with van der Waals surface area (Å²) in [6.45, 7) is 0. The van der Waals surface area contributed by atoms with E-state index in [1.54, 1.807) is 18.2 Å². The average molecular weight is 513 g/mol. The Morgan fingerprint density at radius 2 is 1.32 bits per heavy atom. The Morgan fingerprint density at radius 3 is 1.82 bits per heavy atom. The molecule has 3 aromatic rings. The maximum absolute atomic E-state index is 11.5. The number of rotatable bonds is 3. The van der Waals surface area contributed by atoms with Crippen LogP contribution in [0.25, 0.3) is 21.9 Å². The number of carbonyl (C=O) groups is 1. The second kappa shape index (κ2) is 11.4. The molecule has 34 heavy (non-hydrogen) atoms. The van der Waals surface area contributed by atoms with E-state index in [0.29, 0.717) is 29.4 Å². The highest BCUT2D eigenvalue weighted by molar-refractivity contribution is 7.85. The van der Waals surface area contributed by atoms with E-state index in [1.165, 1.54) is 6.07 Å². The van der Waals surface area contributed by atoms with Gasteiger partial charge in [-0.1, -0.05) is 18.2 Å². The van der Waals surface area contributed by atoms with Crippen LogP contribution >= 0.6 is 0 Å². The maximum atomic E-state index is 11.5. The standard InChI is InChI=1S/C18H16N4O2.2CH4O3S/c19-13-4-3-10-7-12(2-1-11(10)8-13)16-9-14(22-18(20)21)5-6-15(16)17(23)24;2*1-5(2,3)4/h1-9H,19H2,(H,23,24)(H4,20,21,22);2*1H3,(H,2,3,4). The summed E-state index contributed by atoms with van der Waals surface area (Å²) in [5.41, 5.74) is 19.2. The number of guanidine groups is 1. The fraction of sp³-hybridized carbons (Fsp3) is 0.100. The van der Waals surface area contributed by atoms with Gasteiger partial charge >= 0.3 is 5.97 Å². The Morgan fingerprint density at radius 1 is 0.824 bits per heavy atom. The van der Waals surface area contributed by atoms with Gasteiger partial charge in [0.25, 0.3) is 20.2 Å². The third-order valence-corrected chi connectivity index (χ3v) is 3.67. The summed E-state index contributed by atoms with van der Waals surface area (Å²) < 4.78 is 51.7. The summed E-state index contributed by atoms with van der Waals surface area (Å²) in [6, 6.07) is 15.9. The minimum absolute atomic E-state index is 0.0852. The minimum Gasteiger partial charge on any atom is -0.478 e. The quantitative estimate of drug-likeness (QED) is 0.128. The minimum atomic E-state index is -3.67. The number of benzene rings is 3. The van der Waals surface area contributed by atoms with Crippen molar-refractivity contribution in [2.24, 2.45) is 16.5 Å². The van der Waals surface area contributed by atoms with Crippen molar-refractivity contribution in [3.63, 3.8) is 0 Å². The number of nitrogens with two attached hydrogens (primary N) is 3. The van der Waals surface area contributed by atoms with Crippen LogP contribution in [0.2, 0.25) is 0 Å². The van der Waals surface area contributed by atoms with Crippen LogP contribution in [0.3, 0.4) is 0 Å². The van der Waals surface area contributed by atoms with Crippen molar-refractivity contribution in [2.75, 3.05) is 18.2 Å². The third-order valence-electron chi connectivity index (χ3n) is 3.67. The number of hydrogen-bond acceptors (Lipinski definition) is 7. The topological polar surface area (TPSA) is 236 Å². The monoisotopic (exact) mass is 512 g/mol. The molecule has 0 saturated heterocycles. The van der Waals surface area contributed by atoms with Crippen molar-refractivity contribution >= 4 is 54.3 Å². The summed E-state index contributed by atoms with van der Waals surface area (Å²) >= 11 is 0. The van der Waals surface area contributed by atoms with E-state index in [0.717, 1.165) is 16.3 Å². The van der Waals surface area contributed by atoms with Crippen LogP contribution in [0.1, 0.15) is 10.4 Å². The lowest BCUT2D eigenvalue weighted by Crippen LogP contribution is -2.21. The molecule has 3 rings (SSSR count). The second-order valence-corrected chi connectivity index (χ2v) is 9.79. The molecule has 0 saturated carbocycles. The van der Waals surface area contributed by atoms with Crippen molar-refractivity contribution in [1.29, 1.82) is 0 Å². The lowest BCUT2D eigenvalue weighted by molar-refractivity contribution is 0.0697. The highest BCUT2D eigenvalue weighted by Crippen LogP contribution is 2.31. The molecular formula is C20H24N4O8S2. The van der Waals surface area contributed by atoms with Gasteiger partial charge in [-0.05, 0) is 58.3 Å². The molecule has 184 valence electrons. The van der Waals surface area contributed by atoms with Gasteiger partial charge in [0.1, 0.15) is 0 Å². The highest BCUT2D eigenvalue weighted by Gasteiger charge is 2.13. The van der Waals surface area contributed by atoms with E-state index in [2.05, 4.69) is 4.99 Å². The third kappa shape index (κ3) is 11.2. The van der Waals surface area contributed by atoms with Gasteiger partial charge in [-0.25, -0.2) is 9.79 Å². The molecule has 0 atom stereocenters. The van der Waals surface area contributed by atoms with Crippen LogP contribution < -0.4 is 17.2 Å². The van der Waals surface area contributed by atoms with Crippen LogP contribution in [0.5, 0.6) is 0 Å². The van der Waals surface area contributed by atoms with Crippen molar-refractivity contribution in [3.8, 4) is 11.1 Å². The van der Waals surface area contributed by atoms with E-state index < -0.39 is 26.2 Å². The number of nitrogen functional groups attached to an aromatic ring is 1. The van der Waals surface area contributed by atoms with Gasteiger partial charge in [-0.15, -0.1) is 0 Å². The Hall–Kier alpha value is -3.72. The SMILES string of the molecule is CS(=O)(=O)O.CS(=O)(=O)O.NC(N)=Nc1ccc(C(=O)O)c(-c2ccc3cc(N)ccc3c2)c1. The summed E-state index contributed by atoms with van der Waals surface area (Å²) in [4.78, 5) is 15.5. The summed E-state index contributed by atoms with van der Waals surface area (Å²) in [7, 11) is -7.33. The van der Waals surface area contributed by atoms with Gasteiger partial charge in [0.05, 0.1) is 23.8 Å². The molecule has 0 fully saturated rings. The van der Waals surface area contributed by atoms with E-state index in [9.17, 15) is 26.7 Å². The second-order valence-electron chi connectivity index (χ2n) is 6.86. The smallest absolute Gasteiger partial charge is 0.336 e. The van der Waals surface area contributed by atoms with Crippen LogP contribution in [0.15, 0.2) is 59.6 Å². The largest absolute Gasteiger partial charge is 0.478 e. The molecule has 0 aliphatic heterocycles. The first-order valence-corrected chi connectivity index (χ1v) is 12.8. The molecule has 0 amide bonds. The number of carboxylic acids is 1. The molecule has 0 spiro atoms. The van der Waals surface area contributed by atoms with Gasteiger partial charge in [0.15, 0.2) is 5.96 Å². The van der Waals surface area contributed by atoms with Gasteiger partial charge in [-0.3, -0.25) is 9.11 Å². The Labute approximate surface area is 196 Å². The summed E-state index contributed by atoms with van der Waals surface area (Å²) in [5.74, 6) is -1.10. The zero-order valence-corrected chi connectivity index (χ0v) is 19.7. The van der Waals surface area contributed by atoms with Crippen LogP contribution in [0.4, 0.5) is 11.4 Å². The summed E-state index contributed by atoms with van der Waals surface area (Å²) in [5, 5.41) is 11.4. The molecule has 0 aromatic heterocycles. The van der Waals surface area contributed by atoms with Crippen molar-refractivity contribution < 1.29 is 35.8 Å². The Kier molecular flexibility index (Phi) is 9.51. The number of aromatic carboxylic acids is 1. The van der Waals surface area contributed by atoms with Crippen LogP contribution in [0, 0.1) is 0 Å². The fourth-order valence-corrected chi connectivity index (χ4v) is 2.61. The Bertz CT molecular complexity index is 1390. The maximum Gasteiger partial charge on any atom is 0.336 e. The van der Waals surface area contributed by atoms with Crippen molar-refractivity contribution in [2.45, 2.75) is 0 Å². The molecule has 14 heteroatoms. The van der Waals surface area contributed by atoms with E-state index in [-0.39, 0.29) is 11.5 Å². The number of hydrogen-bond donors (Lipinski definition) is 6. The van der Waals surface area contributed by atoms with Gasteiger partial charge in [0.2, 0.25) is 0 Å². The molecule has 0 bridgehead atoms. The molecular weight excluding hydrogens is 488 g/mol. The van der Waals surface area contributed by atoms with Gasteiger partial charge in [0, 0.05) is 5.69 Å².